The van der Waals surface area contributed by atoms with E-state index < -0.39 is 5.97 Å². The van der Waals surface area contributed by atoms with Gasteiger partial charge >= 0.3 is 5.97 Å². The maximum absolute atomic E-state index is 12.8. The summed E-state index contributed by atoms with van der Waals surface area (Å²) in [6.07, 6.45) is 6.49. The molecule has 2 heterocycles. The number of hydrogen-bond acceptors (Lipinski definition) is 6. The van der Waals surface area contributed by atoms with E-state index in [4.69, 9.17) is 9.84 Å². The Hall–Kier alpha value is -3.65. The van der Waals surface area contributed by atoms with Crippen molar-refractivity contribution >= 4 is 11.9 Å². The quantitative estimate of drug-likeness (QED) is 0.552. The number of nitrogens with zero attached hydrogens (tertiary/aromatic N) is 4. The molecular formula is C24H26N4O4. The normalized spacial score (nSPS) is 10.7. The molecule has 0 unspecified atom stereocenters. The number of carboxylic acid groups (broad SMARTS) is 1. The summed E-state index contributed by atoms with van der Waals surface area (Å²) in [6, 6.07) is 7.79. The highest BCUT2D eigenvalue weighted by Crippen LogP contribution is 2.27. The van der Waals surface area contributed by atoms with E-state index in [0.29, 0.717) is 24.3 Å². The molecule has 0 aliphatic rings. The molecule has 0 aliphatic heterocycles. The van der Waals surface area contributed by atoms with Crippen LogP contribution in [0.1, 0.15) is 28.1 Å². The molecule has 0 atom stereocenters. The number of aryl methyl sites for hydroxylation is 2. The number of rotatable bonds is 9. The lowest BCUT2D eigenvalue weighted by Gasteiger charge is -2.24. The van der Waals surface area contributed by atoms with Crippen LogP contribution >= 0.6 is 0 Å². The molecule has 0 spiro atoms. The Morgan fingerprint density at radius 3 is 2.53 bits per heavy atom. The molecule has 0 radical (unpaired) electrons. The van der Waals surface area contributed by atoms with Gasteiger partial charge in [-0.25, -0.2) is 0 Å². The van der Waals surface area contributed by atoms with Gasteiger partial charge in [0.1, 0.15) is 6.61 Å². The van der Waals surface area contributed by atoms with Gasteiger partial charge in [-0.05, 0) is 36.6 Å². The highest BCUT2D eigenvalue weighted by molar-refractivity contribution is 5.78. The first-order valence-electron chi connectivity index (χ1n) is 10.2. The number of carboxylic acids is 1. The lowest BCUT2D eigenvalue weighted by Crippen LogP contribution is -2.33. The Balaban J connectivity index is 1.95. The first-order valence-corrected chi connectivity index (χ1v) is 10.2. The van der Waals surface area contributed by atoms with Crippen LogP contribution in [0.3, 0.4) is 0 Å². The summed E-state index contributed by atoms with van der Waals surface area (Å²) >= 11 is 0. The topological polar surface area (TPSA) is 106 Å². The number of benzene rings is 1. The lowest BCUT2D eigenvalue weighted by atomic mass is 9.97. The van der Waals surface area contributed by atoms with Crippen LogP contribution in [0.25, 0.3) is 11.1 Å². The molecule has 166 valence electrons. The second-order valence-electron chi connectivity index (χ2n) is 7.64. The van der Waals surface area contributed by atoms with Gasteiger partial charge in [-0.1, -0.05) is 23.8 Å². The second kappa shape index (κ2) is 10.6. The third-order valence-corrected chi connectivity index (χ3v) is 4.89. The number of amides is 1. The third kappa shape index (κ3) is 6.18. The van der Waals surface area contributed by atoms with Crippen molar-refractivity contribution in [2.45, 2.75) is 33.4 Å². The van der Waals surface area contributed by atoms with Gasteiger partial charge in [-0.3, -0.25) is 24.5 Å². The average molecular weight is 434 g/mol. The number of hydrogen-bond donors (Lipinski definition) is 1. The Labute approximate surface area is 186 Å². The first kappa shape index (κ1) is 23.0. The van der Waals surface area contributed by atoms with Crippen molar-refractivity contribution in [3.63, 3.8) is 0 Å². The van der Waals surface area contributed by atoms with Crippen molar-refractivity contribution in [1.29, 1.82) is 0 Å². The summed E-state index contributed by atoms with van der Waals surface area (Å²) in [5.41, 5.74) is 5.76. The van der Waals surface area contributed by atoms with Crippen molar-refractivity contribution in [3.8, 4) is 11.1 Å². The molecule has 2 aromatic heterocycles. The Morgan fingerprint density at radius 1 is 1.03 bits per heavy atom. The molecule has 1 amide bonds. The number of aromatic nitrogens is 3. The van der Waals surface area contributed by atoms with E-state index in [-0.39, 0.29) is 18.9 Å². The van der Waals surface area contributed by atoms with Crippen molar-refractivity contribution in [1.82, 2.24) is 19.9 Å². The zero-order valence-electron chi connectivity index (χ0n) is 18.4. The van der Waals surface area contributed by atoms with Gasteiger partial charge in [0.15, 0.2) is 0 Å². The van der Waals surface area contributed by atoms with Gasteiger partial charge in [0.05, 0.1) is 30.6 Å². The number of carbonyl (C=O) groups excluding carboxylic acids is 1. The summed E-state index contributed by atoms with van der Waals surface area (Å²) in [5.74, 6) is -1.08. The number of carbonyl (C=O) groups is 2. The molecule has 0 fully saturated rings. The molecule has 0 aliphatic carbocycles. The summed E-state index contributed by atoms with van der Waals surface area (Å²) < 4.78 is 5.08. The van der Waals surface area contributed by atoms with Crippen molar-refractivity contribution in [2.24, 2.45) is 0 Å². The van der Waals surface area contributed by atoms with Crippen molar-refractivity contribution in [3.05, 3.63) is 77.1 Å². The standard InChI is InChI=1S/C24H26N4O4/c1-16-4-5-22(19-7-18(8-24(30)31)10-25-11-19)20(6-16)13-28(23(29)15-32-3)14-21-12-26-17(2)9-27-21/h4-7,9-12H,8,13-15H2,1-3H3,(H,30,31). The smallest absolute Gasteiger partial charge is 0.307 e. The van der Waals surface area contributed by atoms with Crippen LogP contribution < -0.4 is 0 Å². The number of ether oxygens (including phenoxy) is 1. The SMILES string of the molecule is COCC(=O)N(Cc1cnc(C)cn1)Cc1cc(C)ccc1-c1cncc(CC(=O)O)c1. The molecular weight excluding hydrogens is 408 g/mol. The molecule has 0 saturated carbocycles. The van der Waals surface area contributed by atoms with E-state index in [2.05, 4.69) is 15.0 Å². The van der Waals surface area contributed by atoms with Crippen LogP contribution in [0.4, 0.5) is 0 Å². The minimum atomic E-state index is -0.913. The molecule has 8 heteroatoms. The number of methoxy groups -OCH3 is 1. The highest BCUT2D eigenvalue weighted by atomic mass is 16.5. The maximum Gasteiger partial charge on any atom is 0.307 e. The monoisotopic (exact) mass is 434 g/mol. The van der Waals surface area contributed by atoms with Crippen molar-refractivity contribution < 1.29 is 19.4 Å². The van der Waals surface area contributed by atoms with Crippen molar-refractivity contribution in [2.75, 3.05) is 13.7 Å². The van der Waals surface area contributed by atoms with Crippen LogP contribution in [-0.2, 0) is 33.8 Å². The largest absolute Gasteiger partial charge is 0.481 e. The predicted molar refractivity (Wildman–Crippen MR) is 119 cm³/mol. The summed E-state index contributed by atoms with van der Waals surface area (Å²) in [5, 5.41) is 9.11. The zero-order valence-corrected chi connectivity index (χ0v) is 18.4. The van der Waals surface area contributed by atoms with E-state index in [9.17, 15) is 9.59 Å². The van der Waals surface area contributed by atoms with Gasteiger partial charge < -0.3 is 14.7 Å². The third-order valence-electron chi connectivity index (χ3n) is 4.89. The van der Waals surface area contributed by atoms with Gasteiger partial charge in [-0.15, -0.1) is 0 Å². The zero-order chi connectivity index (χ0) is 23.1. The molecule has 0 saturated heterocycles. The summed E-state index contributed by atoms with van der Waals surface area (Å²) in [6.45, 7) is 4.42. The molecule has 1 aromatic carbocycles. The summed E-state index contributed by atoms with van der Waals surface area (Å²) in [4.78, 5) is 38.4. The molecule has 0 bridgehead atoms. The minimum absolute atomic E-state index is 0.0455. The molecule has 32 heavy (non-hydrogen) atoms. The van der Waals surface area contributed by atoms with Gasteiger partial charge in [0, 0.05) is 37.8 Å². The highest BCUT2D eigenvalue weighted by Gasteiger charge is 2.18. The first-order chi connectivity index (χ1) is 15.4. The second-order valence-corrected chi connectivity index (χ2v) is 7.64. The van der Waals surface area contributed by atoms with E-state index >= 15 is 0 Å². The Bertz CT molecular complexity index is 1100. The molecule has 8 nitrogen and oxygen atoms in total. The molecule has 3 aromatic rings. The average Bonchev–Trinajstić information content (AvgIpc) is 2.75. The van der Waals surface area contributed by atoms with E-state index in [1.54, 1.807) is 29.7 Å². The fourth-order valence-corrected chi connectivity index (χ4v) is 3.39. The van der Waals surface area contributed by atoms with E-state index in [0.717, 1.165) is 27.9 Å². The predicted octanol–water partition coefficient (Wildman–Crippen LogP) is 2.96. The minimum Gasteiger partial charge on any atom is -0.481 e. The van der Waals surface area contributed by atoms with Crippen LogP contribution in [0.15, 0.2) is 49.1 Å². The van der Waals surface area contributed by atoms with Crippen LogP contribution in [-0.4, -0.2) is 50.6 Å². The molecule has 3 rings (SSSR count). The summed E-state index contributed by atoms with van der Waals surface area (Å²) in [7, 11) is 1.49. The Kier molecular flexibility index (Phi) is 7.62. The maximum atomic E-state index is 12.8. The van der Waals surface area contributed by atoms with Crippen LogP contribution in [0.2, 0.25) is 0 Å². The van der Waals surface area contributed by atoms with Gasteiger partial charge in [0.25, 0.3) is 0 Å². The van der Waals surface area contributed by atoms with E-state index in [1.165, 1.54) is 7.11 Å². The fraction of sp³-hybridized carbons (Fsp3) is 0.292. The van der Waals surface area contributed by atoms with Gasteiger partial charge in [0.2, 0.25) is 5.91 Å². The number of aliphatic carboxylic acids is 1. The molecule has 1 N–H and O–H groups in total. The fourth-order valence-electron chi connectivity index (χ4n) is 3.39. The lowest BCUT2D eigenvalue weighted by molar-refractivity contribution is -0.137. The number of pyridine rings is 1. The van der Waals surface area contributed by atoms with Gasteiger partial charge in [-0.2, -0.15) is 0 Å². The van der Waals surface area contributed by atoms with Crippen LogP contribution in [0.5, 0.6) is 0 Å². The Morgan fingerprint density at radius 2 is 1.84 bits per heavy atom. The van der Waals surface area contributed by atoms with Crippen LogP contribution in [0, 0.1) is 13.8 Å². The van der Waals surface area contributed by atoms with E-state index in [1.807, 2.05) is 38.1 Å².